The number of hydrogen-bond acceptors (Lipinski definition) is 9. The molecule has 13 heavy (non-hydrogen) atoms. The van der Waals surface area contributed by atoms with E-state index in [9.17, 15) is 0 Å². The molecular weight excluding hydrogens is 239 g/mol. The van der Waals surface area contributed by atoms with Gasteiger partial charge in [0.25, 0.3) is 0 Å². The first-order valence-corrected chi connectivity index (χ1v) is 1.28. The predicted octanol–water partition coefficient (Wildman–Crippen LogP) is -8.73. The Morgan fingerprint density at radius 3 is 0.923 bits per heavy atom. The molecule has 0 aliphatic rings. The van der Waals surface area contributed by atoms with Crippen LogP contribution in [0.3, 0.4) is 0 Å². The quantitative estimate of drug-likeness (QED) is 0.174. The monoisotopic (exact) mass is 239 g/mol. The Labute approximate surface area is 158 Å². The standard InChI is InChI=1S/K.NO3.2HNO2.2Na/c;2-1(3)4;2*2-1-3;;/h;;2*(H,2,3);;/q+1;-1;;;2*+1/p-2. The molecule has 13 heteroatoms. The van der Waals surface area contributed by atoms with Crippen LogP contribution in [0.1, 0.15) is 0 Å². The minimum atomic E-state index is -1.75. The molecule has 0 saturated carbocycles. The van der Waals surface area contributed by atoms with Gasteiger partial charge in [-0.3, -0.25) is 0 Å². The Morgan fingerprint density at radius 1 is 0.923 bits per heavy atom. The summed E-state index contributed by atoms with van der Waals surface area (Å²) in [6.07, 6.45) is 0. The summed E-state index contributed by atoms with van der Waals surface area (Å²) in [5.41, 5.74) is 0. The third kappa shape index (κ3) is 690. The van der Waals surface area contributed by atoms with E-state index < -0.39 is 5.09 Å². The maximum Gasteiger partial charge on any atom is 1.00 e. The zero-order valence-corrected chi connectivity index (χ0v) is 14.3. The van der Waals surface area contributed by atoms with Crippen molar-refractivity contribution in [3.8, 4) is 0 Å². The van der Waals surface area contributed by atoms with Crippen LogP contribution >= 0.6 is 0 Å². The average Bonchev–Trinajstić information content (AvgIpc) is 1.65. The van der Waals surface area contributed by atoms with Gasteiger partial charge in [-0.1, -0.05) is 0 Å². The average molecular weight is 239 g/mol. The molecule has 0 atom stereocenters. The van der Waals surface area contributed by atoms with E-state index in [2.05, 4.69) is 0 Å². The zero-order valence-electron chi connectivity index (χ0n) is 7.20. The van der Waals surface area contributed by atoms with E-state index in [4.69, 9.17) is 35.6 Å². The van der Waals surface area contributed by atoms with E-state index >= 15 is 0 Å². The van der Waals surface area contributed by atoms with Gasteiger partial charge in [0.1, 0.15) is 0 Å². The molecule has 0 amide bonds. The molecule has 0 radical (unpaired) electrons. The Morgan fingerprint density at radius 2 is 0.923 bits per heavy atom. The van der Waals surface area contributed by atoms with Crippen molar-refractivity contribution in [1.82, 2.24) is 0 Å². The van der Waals surface area contributed by atoms with E-state index in [1.165, 1.54) is 0 Å². The van der Waals surface area contributed by atoms with Gasteiger partial charge in [-0.15, -0.1) is 10.7 Å². The Kier molecular flexibility index (Phi) is 139. The van der Waals surface area contributed by atoms with Gasteiger partial charge in [0.15, 0.2) is 0 Å². The molecule has 0 saturated heterocycles. The first kappa shape index (κ1) is 36.5. The fraction of sp³-hybridized carbons (Fsp3) is 0. The maximum atomic E-state index is 8.25. The molecule has 0 aromatic heterocycles. The molecule has 60 valence electrons. The second-order valence-corrected chi connectivity index (χ2v) is 0.373. The summed E-state index contributed by atoms with van der Waals surface area (Å²) in [5, 5.41) is 32.8. The summed E-state index contributed by atoms with van der Waals surface area (Å²) < 4.78 is 0. The summed E-state index contributed by atoms with van der Waals surface area (Å²) in [4.78, 5) is 24.2. The third-order valence-corrected chi connectivity index (χ3v) is 0. The van der Waals surface area contributed by atoms with Crippen LogP contribution in [0.25, 0.3) is 0 Å². The van der Waals surface area contributed by atoms with Crippen molar-refractivity contribution >= 4 is 0 Å². The molecule has 0 bridgehead atoms. The van der Waals surface area contributed by atoms with Gasteiger partial charge in [-0.25, -0.2) is 0 Å². The van der Waals surface area contributed by atoms with Crippen LogP contribution in [-0.4, -0.2) is 5.09 Å². The fourth-order valence-corrected chi connectivity index (χ4v) is 0. The second kappa shape index (κ2) is 49.4. The van der Waals surface area contributed by atoms with Crippen molar-refractivity contribution < 1.29 is 116 Å². The summed E-state index contributed by atoms with van der Waals surface area (Å²) in [5.74, 6) is 0. The SMILES string of the molecule is O=N[O-].O=N[O-].O=[N+]([O-])[O-].[K+].[Na+].[Na+]. The van der Waals surface area contributed by atoms with Gasteiger partial charge in [0, 0.05) is 0 Å². The van der Waals surface area contributed by atoms with Gasteiger partial charge in [0.05, 0.1) is 5.09 Å². The molecule has 0 aromatic rings. The van der Waals surface area contributed by atoms with Crippen LogP contribution in [0.2, 0.25) is 0 Å². The van der Waals surface area contributed by atoms with Crippen LogP contribution in [0.15, 0.2) is 10.7 Å². The van der Waals surface area contributed by atoms with Gasteiger partial charge in [-0.2, -0.15) is 0 Å². The van der Waals surface area contributed by atoms with Gasteiger partial charge >= 0.3 is 110 Å². The smallest absolute Gasteiger partial charge is 0.444 e. The Bertz CT molecular complexity index is 89.7. The molecule has 0 unspecified atom stereocenters. The molecule has 0 rings (SSSR count). The molecule has 0 aliphatic carbocycles. The van der Waals surface area contributed by atoms with E-state index in [0.717, 1.165) is 10.7 Å². The second-order valence-electron chi connectivity index (χ2n) is 0.373. The van der Waals surface area contributed by atoms with Crippen LogP contribution < -0.4 is 110 Å². The van der Waals surface area contributed by atoms with Crippen molar-refractivity contribution in [3.05, 3.63) is 35.6 Å². The van der Waals surface area contributed by atoms with Gasteiger partial charge in [-0.05, 0) is 0 Å². The molecule has 0 fully saturated rings. The van der Waals surface area contributed by atoms with Crippen LogP contribution in [-0.2, 0) is 0 Å². The van der Waals surface area contributed by atoms with Crippen LogP contribution in [0, 0.1) is 35.6 Å². The molecular formula is KN3Na2O7. The largest absolute Gasteiger partial charge is 1.00 e. The summed E-state index contributed by atoms with van der Waals surface area (Å²) in [7, 11) is 0. The third-order valence-electron chi connectivity index (χ3n) is 0. The Balaban J connectivity index is -0.0000000128. The number of rotatable bonds is 0. The van der Waals surface area contributed by atoms with Crippen molar-refractivity contribution in [1.29, 1.82) is 0 Å². The zero-order chi connectivity index (χ0) is 8.99. The van der Waals surface area contributed by atoms with Crippen LogP contribution in [0.4, 0.5) is 0 Å². The molecule has 10 nitrogen and oxygen atoms in total. The van der Waals surface area contributed by atoms with Crippen molar-refractivity contribution in [2.45, 2.75) is 0 Å². The number of nitrogens with zero attached hydrogens (tertiary/aromatic N) is 3. The summed E-state index contributed by atoms with van der Waals surface area (Å²) in [6.45, 7) is 0. The van der Waals surface area contributed by atoms with Crippen LogP contribution in [0.5, 0.6) is 0 Å². The predicted molar refractivity (Wildman–Crippen MR) is 28.7 cm³/mol. The van der Waals surface area contributed by atoms with Crippen molar-refractivity contribution in [3.63, 3.8) is 0 Å². The Hall–Kier alpha value is 1.64. The minimum Gasteiger partial charge on any atom is -0.444 e. The molecule has 0 heterocycles. The maximum absolute atomic E-state index is 8.25. The fourth-order valence-electron chi connectivity index (χ4n) is 0. The molecule has 0 aromatic carbocycles. The molecule has 0 aliphatic heterocycles. The topological polar surface area (TPSA) is 171 Å². The van der Waals surface area contributed by atoms with E-state index in [0.29, 0.717) is 0 Å². The van der Waals surface area contributed by atoms with Gasteiger partial charge < -0.3 is 35.6 Å². The van der Waals surface area contributed by atoms with E-state index in [1.54, 1.807) is 0 Å². The minimum absolute atomic E-state index is 0. The molecule has 0 spiro atoms. The summed E-state index contributed by atoms with van der Waals surface area (Å²) >= 11 is 0. The van der Waals surface area contributed by atoms with E-state index in [-0.39, 0.29) is 110 Å². The van der Waals surface area contributed by atoms with Crippen molar-refractivity contribution in [2.24, 2.45) is 10.7 Å². The van der Waals surface area contributed by atoms with E-state index in [1.807, 2.05) is 0 Å². The number of hydrogen-bond donors (Lipinski definition) is 0. The van der Waals surface area contributed by atoms with Gasteiger partial charge in [0.2, 0.25) is 0 Å². The van der Waals surface area contributed by atoms with Crippen molar-refractivity contribution in [2.75, 3.05) is 0 Å². The molecule has 0 N–H and O–H groups in total. The normalized spacial score (nSPS) is 3.69. The first-order chi connectivity index (χ1) is 4.56. The summed E-state index contributed by atoms with van der Waals surface area (Å²) in [6, 6.07) is 0. The first-order valence-electron chi connectivity index (χ1n) is 1.28.